The Hall–Kier alpha value is -2.74. The van der Waals surface area contributed by atoms with Crippen LogP contribution in [0.4, 0.5) is 5.82 Å². The molecule has 3 heterocycles. The van der Waals surface area contributed by atoms with Gasteiger partial charge in [0.2, 0.25) is 0 Å². The third-order valence-corrected chi connectivity index (χ3v) is 5.40. The van der Waals surface area contributed by atoms with Crippen molar-refractivity contribution in [3.05, 3.63) is 39.3 Å². The van der Waals surface area contributed by atoms with E-state index in [2.05, 4.69) is 39.3 Å². The number of esters is 1. The zero-order valence-corrected chi connectivity index (χ0v) is 16.2. The van der Waals surface area contributed by atoms with Crippen LogP contribution < -0.4 is 5.43 Å². The summed E-state index contributed by atoms with van der Waals surface area (Å²) in [6, 6.07) is 0. The molecule has 136 valence electrons. The van der Waals surface area contributed by atoms with E-state index in [1.807, 2.05) is 13.8 Å². The molecule has 26 heavy (non-hydrogen) atoms. The van der Waals surface area contributed by atoms with Crippen LogP contribution >= 0.6 is 11.3 Å². The van der Waals surface area contributed by atoms with Crippen LogP contribution in [0.2, 0.25) is 0 Å². The van der Waals surface area contributed by atoms with Crippen molar-refractivity contribution in [2.45, 2.75) is 34.6 Å². The van der Waals surface area contributed by atoms with Gasteiger partial charge in [0, 0.05) is 10.6 Å². The molecular weight excluding hydrogens is 350 g/mol. The minimum absolute atomic E-state index is 0.326. The summed E-state index contributed by atoms with van der Waals surface area (Å²) in [7, 11) is 0. The summed E-state index contributed by atoms with van der Waals surface area (Å²) < 4.78 is 5.11. The lowest BCUT2D eigenvalue weighted by Crippen LogP contribution is -2.06. The van der Waals surface area contributed by atoms with Gasteiger partial charge in [0.25, 0.3) is 0 Å². The first-order valence-electron chi connectivity index (χ1n) is 8.30. The maximum Gasteiger partial charge on any atom is 0.340 e. The van der Waals surface area contributed by atoms with Crippen LogP contribution in [0.25, 0.3) is 10.2 Å². The van der Waals surface area contributed by atoms with Crippen molar-refractivity contribution in [2.75, 3.05) is 12.0 Å². The predicted molar refractivity (Wildman–Crippen MR) is 104 cm³/mol. The number of carbonyl (C=O) groups excluding carboxylic acids is 1. The minimum atomic E-state index is -0.326. The number of H-pyrrole nitrogens is 1. The number of hydrazone groups is 1. The summed E-state index contributed by atoms with van der Waals surface area (Å²) in [5.74, 6) is 0.341. The number of nitrogens with one attached hydrogen (secondary N) is 2. The Morgan fingerprint density at radius 2 is 2.08 bits per heavy atom. The zero-order valence-electron chi connectivity index (χ0n) is 15.4. The van der Waals surface area contributed by atoms with Gasteiger partial charge in [-0.2, -0.15) is 5.10 Å². The molecule has 0 atom stereocenters. The number of anilines is 1. The van der Waals surface area contributed by atoms with Crippen molar-refractivity contribution in [1.82, 2.24) is 15.0 Å². The first-order chi connectivity index (χ1) is 12.4. The Morgan fingerprint density at radius 3 is 2.81 bits per heavy atom. The van der Waals surface area contributed by atoms with E-state index in [0.717, 1.165) is 32.7 Å². The summed E-state index contributed by atoms with van der Waals surface area (Å²) in [5.41, 5.74) is 7.02. The second-order valence-electron chi connectivity index (χ2n) is 5.94. The number of carbonyl (C=O) groups is 1. The summed E-state index contributed by atoms with van der Waals surface area (Å²) in [4.78, 5) is 26.0. The van der Waals surface area contributed by atoms with Gasteiger partial charge in [0.15, 0.2) is 5.82 Å². The number of hydrogen-bond donors (Lipinski definition) is 2. The topological polar surface area (TPSA) is 92.3 Å². The van der Waals surface area contributed by atoms with Gasteiger partial charge in [0.05, 0.1) is 29.5 Å². The molecule has 0 aromatic carbocycles. The van der Waals surface area contributed by atoms with Gasteiger partial charge in [-0.15, -0.1) is 11.3 Å². The van der Waals surface area contributed by atoms with E-state index in [1.165, 1.54) is 11.2 Å². The fourth-order valence-electron chi connectivity index (χ4n) is 2.84. The van der Waals surface area contributed by atoms with Gasteiger partial charge < -0.3 is 9.72 Å². The molecule has 0 aliphatic carbocycles. The van der Waals surface area contributed by atoms with Crippen LogP contribution in [-0.4, -0.2) is 33.7 Å². The summed E-state index contributed by atoms with van der Waals surface area (Å²) in [6.45, 7) is 9.96. The molecule has 0 aliphatic heterocycles. The molecule has 3 aromatic rings. The highest BCUT2D eigenvalue weighted by atomic mass is 32.1. The highest BCUT2D eigenvalue weighted by molar-refractivity contribution is 7.18. The second-order valence-corrected chi connectivity index (χ2v) is 7.14. The predicted octanol–water partition coefficient (Wildman–Crippen LogP) is 3.88. The van der Waals surface area contributed by atoms with Crippen molar-refractivity contribution in [3.63, 3.8) is 0 Å². The van der Waals surface area contributed by atoms with Gasteiger partial charge in [0.1, 0.15) is 11.2 Å². The van der Waals surface area contributed by atoms with E-state index in [-0.39, 0.29) is 5.97 Å². The highest BCUT2D eigenvalue weighted by Crippen LogP contribution is 2.32. The van der Waals surface area contributed by atoms with Gasteiger partial charge >= 0.3 is 5.97 Å². The van der Waals surface area contributed by atoms with E-state index in [9.17, 15) is 4.79 Å². The molecule has 0 fully saturated rings. The Bertz CT molecular complexity index is 1000. The number of rotatable bonds is 5. The van der Waals surface area contributed by atoms with Crippen molar-refractivity contribution in [2.24, 2.45) is 5.10 Å². The number of aromatic nitrogens is 3. The number of nitrogens with zero attached hydrogens (tertiary/aromatic N) is 3. The van der Waals surface area contributed by atoms with Crippen LogP contribution in [0.1, 0.15) is 44.7 Å². The maximum atomic E-state index is 12.1. The number of thiophene rings is 1. The number of ether oxygens (including phenoxy) is 1. The fourth-order valence-corrected chi connectivity index (χ4v) is 3.83. The van der Waals surface area contributed by atoms with Crippen LogP contribution in [0, 0.1) is 27.7 Å². The van der Waals surface area contributed by atoms with Crippen molar-refractivity contribution < 1.29 is 9.53 Å². The first kappa shape index (κ1) is 18.1. The van der Waals surface area contributed by atoms with Crippen molar-refractivity contribution in [3.8, 4) is 0 Å². The lowest BCUT2D eigenvalue weighted by Gasteiger charge is -2.02. The Labute approximate surface area is 155 Å². The number of aryl methyl sites for hydroxylation is 3. The lowest BCUT2D eigenvalue weighted by molar-refractivity contribution is 0.0525. The quantitative estimate of drug-likeness (QED) is 0.403. The SMILES string of the molecule is CCOC(=O)c1c(C)[nH]c(/C=N/Nc2ncnc3sc(C)c(C)c23)c1C. The Morgan fingerprint density at radius 1 is 1.31 bits per heavy atom. The fraction of sp³-hybridized carbons (Fsp3) is 0.333. The molecule has 3 rings (SSSR count). The maximum absolute atomic E-state index is 12.1. The van der Waals surface area contributed by atoms with E-state index >= 15 is 0 Å². The van der Waals surface area contributed by atoms with E-state index < -0.39 is 0 Å². The van der Waals surface area contributed by atoms with Gasteiger partial charge in [-0.3, -0.25) is 5.43 Å². The molecule has 0 bridgehead atoms. The van der Waals surface area contributed by atoms with E-state index in [0.29, 0.717) is 18.0 Å². The number of aromatic amines is 1. The summed E-state index contributed by atoms with van der Waals surface area (Å²) in [5, 5.41) is 5.27. The molecule has 0 radical (unpaired) electrons. The highest BCUT2D eigenvalue weighted by Gasteiger charge is 2.18. The van der Waals surface area contributed by atoms with Gasteiger partial charge in [-0.1, -0.05) is 0 Å². The van der Waals surface area contributed by atoms with Crippen LogP contribution in [0.15, 0.2) is 11.4 Å². The van der Waals surface area contributed by atoms with Crippen LogP contribution in [0.3, 0.4) is 0 Å². The van der Waals surface area contributed by atoms with Crippen molar-refractivity contribution in [1.29, 1.82) is 0 Å². The molecule has 0 unspecified atom stereocenters. The molecular formula is C18H21N5O2S. The molecule has 2 N–H and O–H groups in total. The molecule has 0 amide bonds. The van der Waals surface area contributed by atoms with Crippen LogP contribution in [0.5, 0.6) is 0 Å². The van der Waals surface area contributed by atoms with E-state index in [4.69, 9.17) is 4.74 Å². The van der Waals surface area contributed by atoms with E-state index in [1.54, 1.807) is 24.5 Å². The summed E-state index contributed by atoms with van der Waals surface area (Å²) >= 11 is 1.64. The third-order valence-electron chi connectivity index (χ3n) is 4.29. The Kier molecular flexibility index (Phi) is 5.03. The molecule has 8 heteroatoms. The third kappa shape index (κ3) is 3.20. The first-order valence-corrected chi connectivity index (χ1v) is 9.11. The number of hydrogen-bond acceptors (Lipinski definition) is 7. The molecule has 0 saturated heterocycles. The Balaban J connectivity index is 1.86. The molecule has 0 saturated carbocycles. The zero-order chi connectivity index (χ0) is 18.8. The lowest BCUT2D eigenvalue weighted by atomic mass is 10.1. The minimum Gasteiger partial charge on any atom is -0.462 e. The number of fused-ring (bicyclic) bond motifs is 1. The van der Waals surface area contributed by atoms with Crippen LogP contribution in [-0.2, 0) is 4.74 Å². The standard InChI is InChI=1S/C18H21N5O2S/c1-6-25-18(24)14-10(3)13(22-11(14)4)7-21-23-16-15-9(2)12(5)26-17(15)20-8-19-16/h7-8,22H,6H2,1-5H3,(H,19,20,23)/b21-7+. The van der Waals surface area contributed by atoms with Gasteiger partial charge in [-0.25, -0.2) is 14.8 Å². The monoisotopic (exact) mass is 371 g/mol. The average Bonchev–Trinajstić information content (AvgIpc) is 3.04. The largest absolute Gasteiger partial charge is 0.462 e. The van der Waals surface area contributed by atoms with Crippen molar-refractivity contribution >= 4 is 39.6 Å². The normalized spacial score (nSPS) is 11.4. The van der Waals surface area contributed by atoms with Gasteiger partial charge in [-0.05, 0) is 45.7 Å². The molecule has 7 nitrogen and oxygen atoms in total. The summed E-state index contributed by atoms with van der Waals surface area (Å²) in [6.07, 6.45) is 3.17. The molecule has 0 spiro atoms. The molecule has 0 aliphatic rings. The second kappa shape index (κ2) is 7.25. The smallest absolute Gasteiger partial charge is 0.340 e. The molecule has 3 aromatic heterocycles. The average molecular weight is 371 g/mol.